The van der Waals surface area contributed by atoms with Crippen LogP contribution in [-0.4, -0.2) is 35.2 Å². The molecule has 6 nitrogen and oxygen atoms in total. The maximum Gasteiger partial charge on any atom is 0.261 e. The molecule has 1 aromatic carbocycles. The van der Waals surface area contributed by atoms with Crippen LogP contribution in [0.4, 0.5) is 0 Å². The Morgan fingerprint density at radius 2 is 2.18 bits per heavy atom. The lowest BCUT2D eigenvalue weighted by Gasteiger charge is -2.40. The van der Waals surface area contributed by atoms with E-state index < -0.39 is 0 Å². The van der Waals surface area contributed by atoms with Gasteiger partial charge in [0.05, 0.1) is 34.7 Å². The van der Waals surface area contributed by atoms with Gasteiger partial charge in [-0.05, 0) is 49.7 Å². The number of aryl methyl sites for hydroxylation is 1. The predicted octanol–water partition coefficient (Wildman–Crippen LogP) is 2.72. The van der Waals surface area contributed by atoms with Crippen LogP contribution in [0, 0.1) is 0 Å². The minimum atomic E-state index is -0.203. The topological polar surface area (TPSA) is 68.2 Å². The number of thiophene rings is 1. The first-order valence-electron chi connectivity index (χ1n) is 9.83. The van der Waals surface area contributed by atoms with Gasteiger partial charge in [-0.3, -0.25) is 4.79 Å². The van der Waals surface area contributed by atoms with Crippen LogP contribution in [0.2, 0.25) is 0 Å². The van der Waals surface area contributed by atoms with Gasteiger partial charge in [0.2, 0.25) is 0 Å². The zero-order chi connectivity index (χ0) is 19.1. The van der Waals surface area contributed by atoms with Gasteiger partial charge in [0, 0.05) is 18.3 Å². The fourth-order valence-corrected chi connectivity index (χ4v) is 5.52. The van der Waals surface area contributed by atoms with Crippen LogP contribution in [0.5, 0.6) is 0 Å². The Balaban J connectivity index is 1.35. The lowest BCUT2D eigenvalue weighted by Crippen LogP contribution is -2.44. The number of aromatic nitrogens is 2. The maximum absolute atomic E-state index is 12.8. The highest BCUT2D eigenvalue weighted by Crippen LogP contribution is 2.43. The molecule has 3 aromatic rings. The van der Waals surface area contributed by atoms with E-state index in [-0.39, 0.29) is 11.5 Å². The summed E-state index contributed by atoms with van der Waals surface area (Å²) < 4.78 is 8.26. The summed E-state index contributed by atoms with van der Waals surface area (Å²) in [5.41, 5.74) is 3.05. The highest BCUT2D eigenvalue weighted by atomic mass is 32.1. The molecule has 0 radical (unpaired) electrons. The molecule has 0 saturated carbocycles. The van der Waals surface area contributed by atoms with Gasteiger partial charge in [0.15, 0.2) is 0 Å². The van der Waals surface area contributed by atoms with E-state index in [1.807, 2.05) is 35.9 Å². The van der Waals surface area contributed by atoms with Gasteiger partial charge in [-0.25, -0.2) is 4.98 Å². The van der Waals surface area contributed by atoms with Gasteiger partial charge < -0.3 is 19.9 Å². The highest BCUT2D eigenvalue weighted by molar-refractivity contribution is 7.14. The number of nitrogens with one attached hydrogen (secondary N) is 2. The summed E-state index contributed by atoms with van der Waals surface area (Å²) in [6, 6.07) is 10.1. The Morgan fingerprint density at radius 1 is 1.36 bits per heavy atom. The quantitative estimate of drug-likeness (QED) is 0.714. The SMILES string of the molecule is Cn1c(CNC(=O)c2cc3c(s2)CCOC32CCNCC2)nc2ccccc21. The molecular formula is C21H24N4O2S. The van der Waals surface area contributed by atoms with Crippen molar-refractivity contribution in [1.29, 1.82) is 0 Å². The Morgan fingerprint density at radius 3 is 3.00 bits per heavy atom. The smallest absolute Gasteiger partial charge is 0.261 e. The Labute approximate surface area is 167 Å². The second-order valence-electron chi connectivity index (χ2n) is 7.55. The Hall–Kier alpha value is -2.22. The molecule has 1 spiro atoms. The molecule has 146 valence electrons. The maximum atomic E-state index is 12.8. The summed E-state index contributed by atoms with van der Waals surface area (Å²) in [6.45, 7) is 3.08. The van der Waals surface area contributed by atoms with Gasteiger partial charge in [-0.15, -0.1) is 11.3 Å². The standard InChI is InChI=1S/C21H24N4O2S/c1-25-16-5-3-2-4-15(16)24-19(25)13-23-20(26)18-12-14-17(28-18)6-11-27-21(14)7-9-22-10-8-21/h2-5,12,22H,6-11,13H2,1H3,(H,23,26). The van der Waals surface area contributed by atoms with Gasteiger partial charge in [0.1, 0.15) is 5.82 Å². The first-order valence-corrected chi connectivity index (χ1v) is 10.6. The number of benzene rings is 1. The van der Waals surface area contributed by atoms with Crippen molar-refractivity contribution < 1.29 is 9.53 Å². The molecule has 1 saturated heterocycles. The molecule has 7 heteroatoms. The summed E-state index contributed by atoms with van der Waals surface area (Å²) in [5.74, 6) is 0.824. The van der Waals surface area contributed by atoms with Crippen LogP contribution in [0.25, 0.3) is 11.0 Å². The molecule has 1 amide bonds. The number of imidazole rings is 1. The Bertz CT molecular complexity index is 1030. The summed E-state index contributed by atoms with van der Waals surface area (Å²) in [6.07, 6.45) is 2.84. The first kappa shape index (κ1) is 17.8. The number of ether oxygens (including phenoxy) is 1. The minimum absolute atomic E-state index is 0.0319. The van der Waals surface area contributed by atoms with Gasteiger partial charge >= 0.3 is 0 Å². The number of fused-ring (bicyclic) bond motifs is 3. The van der Waals surface area contributed by atoms with Crippen LogP contribution in [0.15, 0.2) is 30.3 Å². The van der Waals surface area contributed by atoms with Crippen molar-refractivity contribution in [3.63, 3.8) is 0 Å². The first-order chi connectivity index (χ1) is 13.7. The summed E-state index contributed by atoms with van der Waals surface area (Å²) in [5, 5.41) is 6.46. The van der Waals surface area contributed by atoms with Gasteiger partial charge in [-0.2, -0.15) is 0 Å². The number of nitrogens with zero attached hydrogens (tertiary/aromatic N) is 2. The largest absolute Gasteiger partial charge is 0.370 e. The number of carbonyl (C=O) groups excluding carboxylic acids is 1. The third kappa shape index (κ3) is 2.94. The second kappa shape index (κ2) is 6.99. The zero-order valence-electron chi connectivity index (χ0n) is 16.0. The molecule has 28 heavy (non-hydrogen) atoms. The lowest BCUT2D eigenvalue weighted by molar-refractivity contribution is -0.0792. The zero-order valence-corrected chi connectivity index (χ0v) is 16.8. The fourth-order valence-electron chi connectivity index (χ4n) is 4.37. The normalized spacial score (nSPS) is 18.3. The molecule has 0 bridgehead atoms. The predicted molar refractivity (Wildman–Crippen MR) is 110 cm³/mol. The Kier molecular flexibility index (Phi) is 4.45. The average molecular weight is 397 g/mol. The van der Waals surface area contributed by atoms with Crippen molar-refractivity contribution in [2.45, 2.75) is 31.4 Å². The lowest BCUT2D eigenvalue weighted by atomic mass is 9.83. The highest BCUT2D eigenvalue weighted by Gasteiger charge is 2.40. The van der Waals surface area contributed by atoms with E-state index in [0.717, 1.165) is 60.7 Å². The molecule has 0 aliphatic carbocycles. The monoisotopic (exact) mass is 396 g/mol. The third-order valence-electron chi connectivity index (χ3n) is 5.93. The number of carbonyl (C=O) groups is 1. The molecule has 0 unspecified atom stereocenters. The van der Waals surface area contributed by atoms with E-state index in [4.69, 9.17) is 4.74 Å². The second-order valence-corrected chi connectivity index (χ2v) is 8.69. The average Bonchev–Trinajstić information content (AvgIpc) is 3.30. The third-order valence-corrected chi connectivity index (χ3v) is 7.12. The summed E-state index contributed by atoms with van der Waals surface area (Å²) >= 11 is 1.62. The van der Waals surface area contributed by atoms with Crippen LogP contribution >= 0.6 is 11.3 Å². The molecule has 2 aliphatic heterocycles. The van der Waals surface area contributed by atoms with Crippen molar-refractivity contribution in [1.82, 2.24) is 20.2 Å². The van der Waals surface area contributed by atoms with Crippen LogP contribution in [0.3, 0.4) is 0 Å². The van der Waals surface area contributed by atoms with Crippen molar-refractivity contribution in [3.8, 4) is 0 Å². The summed E-state index contributed by atoms with van der Waals surface area (Å²) in [7, 11) is 1.98. The van der Waals surface area contributed by atoms with Gasteiger partial charge in [-0.1, -0.05) is 12.1 Å². The molecule has 4 heterocycles. The van der Waals surface area contributed by atoms with Crippen molar-refractivity contribution in [2.24, 2.45) is 7.05 Å². The van der Waals surface area contributed by atoms with E-state index in [1.165, 1.54) is 10.4 Å². The molecule has 5 rings (SSSR count). The van der Waals surface area contributed by atoms with E-state index in [1.54, 1.807) is 11.3 Å². The van der Waals surface area contributed by atoms with E-state index in [0.29, 0.717) is 6.54 Å². The van der Waals surface area contributed by atoms with Crippen molar-refractivity contribution >= 4 is 28.3 Å². The van der Waals surface area contributed by atoms with E-state index in [2.05, 4.69) is 21.7 Å². The number of amides is 1. The minimum Gasteiger partial charge on any atom is -0.370 e. The number of rotatable bonds is 3. The molecule has 1 fully saturated rings. The number of hydrogen-bond acceptors (Lipinski definition) is 5. The molecule has 2 aromatic heterocycles. The van der Waals surface area contributed by atoms with Crippen LogP contribution in [-0.2, 0) is 30.4 Å². The van der Waals surface area contributed by atoms with Crippen LogP contribution < -0.4 is 10.6 Å². The number of para-hydroxylation sites is 2. The van der Waals surface area contributed by atoms with Crippen molar-refractivity contribution in [2.75, 3.05) is 19.7 Å². The molecule has 2 aliphatic rings. The van der Waals surface area contributed by atoms with Gasteiger partial charge in [0.25, 0.3) is 5.91 Å². The number of hydrogen-bond donors (Lipinski definition) is 2. The van der Waals surface area contributed by atoms with E-state index >= 15 is 0 Å². The molecule has 2 N–H and O–H groups in total. The van der Waals surface area contributed by atoms with E-state index in [9.17, 15) is 4.79 Å². The fraction of sp³-hybridized carbons (Fsp3) is 0.429. The molecule has 0 atom stereocenters. The summed E-state index contributed by atoms with van der Waals surface area (Å²) in [4.78, 5) is 19.6. The number of piperidine rings is 1. The van der Waals surface area contributed by atoms with Crippen LogP contribution in [0.1, 0.15) is 38.8 Å². The van der Waals surface area contributed by atoms with Crippen molar-refractivity contribution in [3.05, 3.63) is 51.5 Å². The molecular weight excluding hydrogens is 372 g/mol.